The predicted molar refractivity (Wildman–Crippen MR) is 118 cm³/mol. The number of aryl methyl sites for hydroxylation is 3. The number of hydrogen-bond donors (Lipinski definition) is 1. The Hall–Kier alpha value is -4.34. The third-order valence-corrected chi connectivity index (χ3v) is 4.92. The largest absolute Gasteiger partial charge is 0.305 e. The monoisotopic (exact) mass is 431 g/mol. The Morgan fingerprint density at radius 1 is 0.969 bits per heavy atom. The van der Waals surface area contributed by atoms with E-state index in [4.69, 9.17) is 0 Å². The van der Waals surface area contributed by atoms with Crippen LogP contribution in [0.5, 0.6) is 0 Å². The van der Waals surface area contributed by atoms with Gasteiger partial charge in [-0.1, -0.05) is 17.3 Å². The third kappa shape index (κ3) is 3.97. The predicted octanol–water partition coefficient (Wildman–Crippen LogP) is 3.85. The summed E-state index contributed by atoms with van der Waals surface area (Å²) in [7, 11) is 0. The van der Waals surface area contributed by atoms with Gasteiger partial charge < -0.3 is 5.32 Å². The lowest BCUT2D eigenvalue weighted by molar-refractivity contribution is -0.384. The van der Waals surface area contributed by atoms with E-state index < -0.39 is 10.8 Å². The maximum absolute atomic E-state index is 13.0. The molecule has 0 saturated heterocycles. The SMILES string of the molecule is Cc1cc(C)cc(-n2nc(C)cc2NC(=O)c2nnn(-c3cccc([N+](=O)[O-])c3)c2C)c1. The fourth-order valence-electron chi connectivity index (χ4n) is 3.56. The fourth-order valence-corrected chi connectivity index (χ4v) is 3.56. The Labute approximate surface area is 183 Å². The van der Waals surface area contributed by atoms with Gasteiger partial charge in [-0.05, 0) is 57.0 Å². The van der Waals surface area contributed by atoms with E-state index in [0.29, 0.717) is 17.2 Å². The standard InChI is InChI=1S/C22H21N7O3/c1-13-8-14(2)10-19(9-13)28-20(11-15(3)25-28)23-22(30)21-16(4)27(26-24-21)17-6-5-7-18(12-17)29(31)32/h5-12H,1-4H3,(H,23,30). The number of nitrogens with zero attached hydrogens (tertiary/aromatic N) is 6. The number of rotatable bonds is 5. The first-order valence-corrected chi connectivity index (χ1v) is 9.87. The molecule has 0 radical (unpaired) electrons. The minimum absolute atomic E-state index is 0.0729. The highest BCUT2D eigenvalue weighted by atomic mass is 16.6. The van der Waals surface area contributed by atoms with Gasteiger partial charge in [0.15, 0.2) is 5.69 Å². The number of aromatic nitrogens is 5. The maximum atomic E-state index is 13.0. The van der Waals surface area contributed by atoms with E-state index in [0.717, 1.165) is 22.5 Å². The summed E-state index contributed by atoms with van der Waals surface area (Å²) < 4.78 is 3.07. The molecule has 162 valence electrons. The van der Waals surface area contributed by atoms with Crippen LogP contribution in [0.25, 0.3) is 11.4 Å². The van der Waals surface area contributed by atoms with Crippen LogP contribution in [0.4, 0.5) is 11.5 Å². The molecule has 0 bridgehead atoms. The summed E-state index contributed by atoms with van der Waals surface area (Å²) in [6.07, 6.45) is 0. The molecule has 4 rings (SSSR count). The Morgan fingerprint density at radius 2 is 1.69 bits per heavy atom. The molecule has 0 aliphatic heterocycles. The molecule has 2 aromatic heterocycles. The average molecular weight is 431 g/mol. The molecule has 0 fully saturated rings. The van der Waals surface area contributed by atoms with Crippen molar-refractivity contribution < 1.29 is 9.72 Å². The van der Waals surface area contributed by atoms with Gasteiger partial charge in [0.05, 0.1) is 27.7 Å². The van der Waals surface area contributed by atoms with Gasteiger partial charge in [0.2, 0.25) is 0 Å². The highest BCUT2D eigenvalue weighted by Gasteiger charge is 2.20. The first kappa shape index (κ1) is 20.9. The molecule has 0 aliphatic carbocycles. The van der Waals surface area contributed by atoms with Gasteiger partial charge in [-0.25, -0.2) is 9.36 Å². The first-order chi connectivity index (χ1) is 15.2. The van der Waals surface area contributed by atoms with E-state index in [9.17, 15) is 14.9 Å². The lowest BCUT2D eigenvalue weighted by Gasteiger charge is -2.10. The normalized spacial score (nSPS) is 10.9. The van der Waals surface area contributed by atoms with Crippen molar-refractivity contribution in [3.63, 3.8) is 0 Å². The van der Waals surface area contributed by atoms with Gasteiger partial charge >= 0.3 is 0 Å². The van der Waals surface area contributed by atoms with Crippen molar-refractivity contribution >= 4 is 17.4 Å². The zero-order valence-corrected chi connectivity index (χ0v) is 18.0. The molecule has 2 heterocycles. The number of anilines is 1. The smallest absolute Gasteiger partial charge is 0.279 e. The van der Waals surface area contributed by atoms with Gasteiger partial charge in [0.1, 0.15) is 5.82 Å². The third-order valence-electron chi connectivity index (χ3n) is 4.92. The summed E-state index contributed by atoms with van der Waals surface area (Å²) in [6.45, 7) is 7.53. The number of benzene rings is 2. The summed E-state index contributed by atoms with van der Waals surface area (Å²) >= 11 is 0. The molecular weight excluding hydrogens is 410 g/mol. The van der Waals surface area contributed by atoms with Crippen LogP contribution < -0.4 is 5.32 Å². The zero-order valence-electron chi connectivity index (χ0n) is 18.0. The van der Waals surface area contributed by atoms with Crippen molar-refractivity contribution in [1.29, 1.82) is 0 Å². The lowest BCUT2D eigenvalue weighted by atomic mass is 10.1. The number of nitrogens with one attached hydrogen (secondary N) is 1. The second-order valence-electron chi connectivity index (χ2n) is 7.60. The maximum Gasteiger partial charge on any atom is 0.279 e. The number of amides is 1. The molecule has 0 aliphatic rings. The Morgan fingerprint density at radius 3 is 2.38 bits per heavy atom. The molecule has 1 amide bonds. The molecule has 0 unspecified atom stereocenters. The fraction of sp³-hybridized carbons (Fsp3) is 0.182. The van der Waals surface area contributed by atoms with Gasteiger partial charge in [-0.2, -0.15) is 5.10 Å². The highest BCUT2D eigenvalue weighted by Crippen LogP contribution is 2.22. The van der Waals surface area contributed by atoms with Crippen LogP contribution in [0, 0.1) is 37.8 Å². The van der Waals surface area contributed by atoms with Crippen LogP contribution in [0.3, 0.4) is 0 Å². The first-order valence-electron chi connectivity index (χ1n) is 9.87. The second-order valence-corrected chi connectivity index (χ2v) is 7.60. The van der Waals surface area contributed by atoms with E-state index in [1.54, 1.807) is 29.8 Å². The number of nitro groups is 1. The Balaban J connectivity index is 1.65. The molecule has 0 spiro atoms. The number of carbonyl (C=O) groups is 1. The summed E-state index contributed by atoms with van der Waals surface area (Å²) in [6, 6.07) is 13.8. The van der Waals surface area contributed by atoms with E-state index in [2.05, 4.69) is 26.8 Å². The molecule has 32 heavy (non-hydrogen) atoms. The van der Waals surface area contributed by atoms with Crippen LogP contribution in [0.1, 0.15) is 33.0 Å². The van der Waals surface area contributed by atoms with Crippen LogP contribution in [0.2, 0.25) is 0 Å². The van der Waals surface area contributed by atoms with E-state index >= 15 is 0 Å². The topological polar surface area (TPSA) is 121 Å². The molecule has 1 N–H and O–H groups in total. The van der Waals surface area contributed by atoms with E-state index in [1.165, 1.54) is 16.8 Å². The lowest BCUT2D eigenvalue weighted by Crippen LogP contribution is -2.17. The van der Waals surface area contributed by atoms with Crippen LogP contribution >= 0.6 is 0 Å². The minimum Gasteiger partial charge on any atom is -0.305 e. The summed E-state index contributed by atoms with van der Waals surface area (Å²) in [4.78, 5) is 23.6. The molecule has 0 atom stereocenters. The molecule has 2 aromatic carbocycles. The van der Waals surface area contributed by atoms with Crippen LogP contribution in [0.15, 0.2) is 48.5 Å². The summed E-state index contributed by atoms with van der Waals surface area (Å²) in [5.41, 5.74) is 4.69. The molecule has 10 heteroatoms. The van der Waals surface area contributed by atoms with Gasteiger partial charge in [-0.15, -0.1) is 5.10 Å². The quantitative estimate of drug-likeness (QED) is 0.378. The number of non-ortho nitro benzene ring substituents is 1. The average Bonchev–Trinajstić information content (AvgIpc) is 3.29. The van der Waals surface area contributed by atoms with Crippen molar-refractivity contribution in [2.75, 3.05) is 5.32 Å². The van der Waals surface area contributed by atoms with Gasteiger partial charge in [0.25, 0.3) is 11.6 Å². The van der Waals surface area contributed by atoms with E-state index in [-0.39, 0.29) is 11.4 Å². The van der Waals surface area contributed by atoms with Gasteiger partial charge in [0, 0.05) is 18.2 Å². The van der Waals surface area contributed by atoms with Crippen molar-refractivity contribution in [1.82, 2.24) is 24.8 Å². The molecule has 0 saturated carbocycles. The van der Waals surface area contributed by atoms with Gasteiger partial charge in [-0.3, -0.25) is 14.9 Å². The Kier molecular flexibility index (Phi) is 5.27. The van der Waals surface area contributed by atoms with Crippen molar-refractivity contribution in [2.45, 2.75) is 27.7 Å². The second kappa shape index (κ2) is 8.06. The van der Waals surface area contributed by atoms with Crippen molar-refractivity contribution in [2.24, 2.45) is 0 Å². The van der Waals surface area contributed by atoms with Crippen molar-refractivity contribution in [3.8, 4) is 11.4 Å². The Bertz CT molecular complexity index is 1330. The summed E-state index contributed by atoms with van der Waals surface area (Å²) in [5.74, 6) is 0.0477. The van der Waals surface area contributed by atoms with Crippen LogP contribution in [-0.4, -0.2) is 35.6 Å². The molecule has 10 nitrogen and oxygen atoms in total. The van der Waals surface area contributed by atoms with E-state index in [1.807, 2.05) is 32.9 Å². The van der Waals surface area contributed by atoms with Crippen LogP contribution in [-0.2, 0) is 0 Å². The number of hydrogen-bond acceptors (Lipinski definition) is 6. The van der Waals surface area contributed by atoms with Crippen molar-refractivity contribution in [3.05, 3.63) is 86.9 Å². The molecule has 4 aromatic rings. The number of carbonyl (C=O) groups excluding carboxylic acids is 1. The zero-order chi connectivity index (χ0) is 23.0. The number of nitro benzene ring substituents is 1. The highest BCUT2D eigenvalue weighted by molar-refractivity contribution is 6.03. The minimum atomic E-state index is -0.486. The summed E-state index contributed by atoms with van der Waals surface area (Å²) in [5, 5.41) is 26.5. The molecular formula is C22H21N7O3.